The van der Waals surface area contributed by atoms with Gasteiger partial charge in [-0.3, -0.25) is 10.1 Å². The molecule has 22 heavy (non-hydrogen) atoms. The van der Waals surface area contributed by atoms with Crippen LogP contribution in [0.25, 0.3) is 0 Å². The van der Waals surface area contributed by atoms with Gasteiger partial charge in [-0.2, -0.15) is 0 Å². The van der Waals surface area contributed by atoms with Crippen LogP contribution in [0.15, 0.2) is 33.8 Å². The van der Waals surface area contributed by atoms with Crippen LogP contribution in [0.5, 0.6) is 5.75 Å². The highest BCUT2D eigenvalue weighted by atomic mass is 79.9. The van der Waals surface area contributed by atoms with E-state index in [4.69, 9.17) is 9.47 Å². The predicted octanol–water partition coefficient (Wildman–Crippen LogP) is 2.83. The molecule has 0 heterocycles. The fourth-order valence-electron chi connectivity index (χ4n) is 1.94. The van der Waals surface area contributed by atoms with E-state index in [0.29, 0.717) is 18.6 Å². The van der Waals surface area contributed by atoms with E-state index in [2.05, 4.69) is 22.5 Å². The summed E-state index contributed by atoms with van der Waals surface area (Å²) in [4.78, 5) is 10.4. The monoisotopic (exact) mass is 391 g/mol. The number of sulfone groups is 1. The highest BCUT2D eigenvalue weighted by Gasteiger charge is 2.51. The fourth-order valence-corrected chi connectivity index (χ4v) is 3.28. The molecule has 0 aromatic heterocycles. The molecule has 0 N–H and O–H groups in total. The summed E-state index contributed by atoms with van der Waals surface area (Å²) in [7, 11) is -2.13. The maximum absolute atomic E-state index is 11.6. The molecule has 0 unspecified atom stereocenters. The lowest BCUT2D eigenvalue weighted by atomic mass is 10.2. The molecule has 0 amide bonds. The first-order valence-electron chi connectivity index (χ1n) is 6.21. The van der Waals surface area contributed by atoms with Crippen molar-refractivity contribution in [2.24, 2.45) is 0 Å². The molecule has 1 fully saturated rings. The van der Waals surface area contributed by atoms with E-state index in [9.17, 15) is 18.5 Å². The molecule has 1 aliphatic rings. The van der Waals surface area contributed by atoms with Crippen molar-refractivity contribution in [3.63, 3.8) is 0 Å². The maximum atomic E-state index is 11.6. The van der Waals surface area contributed by atoms with Crippen LogP contribution in [0, 0.1) is 10.1 Å². The molecule has 7 nitrogen and oxygen atoms in total. The maximum Gasteiger partial charge on any atom is 0.313 e. The second kappa shape index (κ2) is 5.54. The average molecular weight is 392 g/mol. The van der Waals surface area contributed by atoms with Gasteiger partial charge in [0, 0.05) is 12.3 Å². The largest absolute Gasteiger partial charge is 0.497 e. The molecule has 2 rings (SSSR count). The van der Waals surface area contributed by atoms with Gasteiger partial charge in [-0.25, -0.2) is 8.42 Å². The van der Waals surface area contributed by atoms with Crippen LogP contribution in [0.2, 0.25) is 0 Å². The number of ether oxygens (including phenoxy) is 2. The summed E-state index contributed by atoms with van der Waals surface area (Å²) < 4.78 is 34.2. The molecule has 1 aromatic carbocycles. The highest BCUT2D eigenvalue weighted by molar-refractivity contribution is 9.10. The van der Waals surface area contributed by atoms with E-state index in [1.54, 1.807) is 0 Å². The molecular formula is C13H14BrNO6S. The number of rotatable bonds is 6. The first kappa shape index (κ1) is 16.8. The Bertz CT molecular complexity index is 754. The molecular weight excluding hydrogens is 378 g/mol. The summed E-state index contributed by atoms with van der Waals surface area (Å²) in [6.45, 7) is 3.74. The quantitative estimate of drug-likeness (QED) is 0.420. The van der Waals surface area contributed by atoms with Gasteiger partial charge in [0.25, 0.3) is 0 Å². The SMILES string of the molecule is C=C(OC)C1(Oc2c(Br)cc(S(C)(=O)=O)cc2[N+](=O)[O-])CC1. The summed E-state index contributed by atoms with van der Waals surface area (Å²) in [6.07, 6.45) is 2.22. The number of nitrogens with zero attached hydrogens (tertiary/aromatic N) is 1. The number of nitro benzene ring substituents is 1. The Hall–Kier alpha value is -1.61. The third-order valence-corrected chi connectivity index (χ3v) is 5.06. The molecule has 0 bridgehead atoms. The van der Waals surface area contributed by atoms with E-state index in [0.717, 1.165) is 12.3 Å². The van der Waals surface area contributed by atoms with Crippen LogP contribution >= 0.6 is 15.9 Å². The van der Waals surface area contributed by atoms with E-state index in [-0.39, 0.29) is 15.1 Å². The zero-order valence-electron chi connectivity index (χ0n) is 12.0. The number of nitro groups is 1. The predicted molar refractivity (Wildman–Crippen MR) is 82.6 cm³/mol. The van der Waals surface area contributed by atoms with Crippen molar-refractivity contribution in [3.8, 4) is 5.75 Å². The molecule has 0 spiro atoms. The minimum absolute atomic E-state index is 0.0342. The molecule has 0 aliphatic heterocycles. The van der Waals surface area contributed by atoms with E-state index < -0.39 is 26.0 Å². The Balaban J connectivity index is 2.52. The highest BCUT2D eigenvalue weighted by Crippen LogP contribution is 2.49. The van der Waals surface area contributed by atoms with Crippen LogP contribution in [-0.4, -0.2) is 32.3 Å². The van der Waals surface area contributed by atoms with Crippen molar-refractivity contribution < 1.29 is 22.8 Å². The third-order valence-electron chi connectivity index (χ3n) is 3.38. The lowest BCUT2D eigenvalue weighted by molar-refractivity contribution is -0.386. The average Bonchev–Trinajstić information content (AvgIpc) is 3.19. The summed E-state index contributed by atoms with van der Waals surface area (Å²) in [5.41, 5.74) is -1.22. The summed E-state index contributed by atoms with van der Waals surface area (Å²) in [6, 6.07) is 2.27. The molecule has 0 saturated heterocycles. The number of methoxy groups -OCH3 is 1. The van der Waals surface area contributed by atoms with Gasteiger partial charge in [-0.1, -0.05) is 6.58 Å². The van der Waals surface area contributed by atoms with Crippen LogP contribution in [0.1, 0.15) is 12.8 Å². The third kappa shape index (κ3) is 3.09. The van der Waals surface area contributed by atoms with Crippen molar-refractivity contribution >= 4 is 31.5 Å². The smallest absolute Gasteiger partial charge is 0.313 e. The van der Waals surface area contributed by atoms with Crippen LogP contribution in [0.4, 0.5) is 5.69 Å². The van der Waals surface area contributed by atoms with Gasteiger partial charge in [-0.15, -0.1) is 0 Å². The second-order valence-corrected chi connectivity index (χ2v) is 7.88. The van der Waals surface area contributed by atoms with Gasteiger partial charge in [0.05, 0.1) is 21.4 Å². The zero-order chi connectivity index (χ0) is 16.7. The normalized spacial score (nSPS) is 16.0. The van der Waals surface area contributed by atoms with Gasteiger partial charge in [0.2, 0.25) is 5.75 Å². The van der Waals surface area contributed by atoms with Gasteiger partial charge in [-0.05, 0) is 34.8 Å². The first-order chi connectivity index (χ1) is 10.1. The van der Waals surface area contributed by atoms with Crippen molar-refractivity contribution in [2.45, 2.75) is 23.3 Å². The van der Waals surface area contributed by atoms with Crippen molar-refractivity contribution in [2.75, 3.05) is 13.4 Å². The summed E-state index contributed by atoms with van der Waals surface area (Å²) in [5, 5.41) is 11.3. The van der Waals surface area contributed by atoms with E-state index in [1.807, 2.05) is 0 Å². The Morgan fingerprint density at radius 1 is 1.45 bits per heavy atom. The van der Waals surface area contributed by atoms with Crippen molar-refractivity contribution in [1.29, 1.82) is 0 Å². The number of hydrogen-bond acceptors (Lipinski definition) is 6. The summed E-state index contributed by atoms with van der Waals surface area (Å²) in [5.74, 6) is 0.342. The lowest BCUT2D eigenvalue weighted by Crippen LogP contribution is -2.22. The van der Waals surface area contributed by atoms with Gasteiger partial charge in [0.15, 0.2) is 15.4 Å². The Kier molecular flexibility index (Phi) is 4.22. The van der Waals surface area contributed by atoms with Gasteiger partial charge < -0.3 is 9.47 Å². The molecule has 0 radical (unpaired) electrons. The second-order valence-electron chi connectivity index (χ2n) is 5.01. The number of hydrogen-bond donors (Lipinski definition) is 0. The van der Waals surface area contributed by atoms with E-state index in [1.165, 1.54) is 13.2 Å². The summed E-state index contributed by atoms with van der Waals surface area (Å²) >= 11 is 3.15. The lowest BCUT2D eigenvalue weighted by Gasteiger charge is -2.20. The molecule has 0 atom stereocenters. The first-order valence-corrected chi connectivity index (χ1v) is 8.89. The molecule has 1 aliphatic carbocycles. The van der Waals surface area contributed by atoms with Crippen LogP contribution in [0.3, 0.4) is 0 Å². The molecule has 120 valence electrons. The standard InChI is InChI=1S/C13H14BrNO6S/c1-8(20-2)13(4-5-13)21-12-10(14)6-9(22(3,18)19)7-11(12)15(16)17/h6-7H,1,4-5H2,2-3H3. The van der Waals surface area contributed by atoms with Crippen LogP contribution < -0.4 is 4.74 Å². The minimum Gasteiger partial charge on any atom is -0.497 e. The van der Waals surface area contributed by atoms with Gasteiger partial charge in [0.1, 0.15) is 5.76 Å². The molecule has 1 saturated carbocycles. The van der Waals surface area contributed by atoms with Gasteiger partial charge >= 0.3 is 5.69 Å². The zero-order valence-corrected chi connectivity index (χ0v) is 14.4. The van der Waals surface area contributed by atoms with Crippen LogP contribution in [-0.2, 0) is 14.6 Å². The Morgan fingerprint density at radius 2 is 2.05 bits per heavy atom. The number of halogens is 1. The van der Waals surface area contributed by atoms with E-state index >= 15 is 0 Å². The number of benzene rings is 1. The topological polar surface area (TPSA) is 95.7 Å². The van der Waals surface area contributed by atoms with Crippen molar-refractivity contribution in [1.82, 2.24) is 0 Å². The fraction of sp³-hybridized carbons (Fsp3) is 0.385. The minimum atomic E-state index is -3.58. The Labute approximate surface area is 136 Å². The Morgan fingerprint density at radius 3 is 2.45 bits per heavy atom. The van der Waals surface area contributed by atoms with Crippen molar-refractivity contribution in [3.05, 3.63) is 39.1 Å². The molecule has 1 aromatic rings. The molecule has 9 heteroatoms.